The molecular weight excluding hydrogens is 410 g/mol. The van der Waals surface area contributed by atoms with Gasteiger partial charge in [0.15, 0.2) is 0 Å². The molecule has 1 aliphatic heterocycles. The predicted octanol–water partition coefficient (Wildman–Crippen LogP) is 4.04. The summed E-state index contributed by atoms with van der Waals surface area (Å²) >= 11 is 0. The molecule has 32 heavy (non-hydrogen) atoms. The Kier molecular flexibility index (Phi) is 5.55. The minimum absolute atomic E-state index is 0.115. The van der Waals surface area contributed by atoms with Gasteiger partial charge in [-0.3, -0.25) is 14.5 Å². The van der Waals surface area contributed by atoms with Gasteiger partial charge in [-0.15, -0.1) is 0 Å². The van der Waals surface area contributed by atoms with E-state index in [1.807, 2.05) is 0 Å². The lowest BCUT2D eigenvalue weighted by Gasteiger charge is -2.26. The quantitative estimate of drug-likeness (QED) is 0.360. The van der Waals surface area contributed by atoms with Crippen LogP contribution >= 0.6 is 0 Å². The number of phenolic OH excluding ortho intramolecular Hbond substituents is 1. The largest absolute Gasteiger partial charge is 0.507 e. The number of ketones is 1. The van der Waals surface area contributed by atoms with Crippen LogP contribution in [0.4, 0.5) is 5.69 Å². The summed E-state index contributed by atoms with van der Waals surface area (Å²) in [7, 11) is 2.96. The standard InChI is InChI=1S/C25H21NO6/c1-31-16-9-7-8-15(14-16)22-21(23(28)17-10-3-6-13-20(17)32-2)24(29)25(30)26(22)18-11-4-5-12-19(18)27/h3-14,22,27-28H,1-2H3/b23-21-. The number of carbonyl (C=O) groups excluding carboxylic acids is 2. The number of nitrogens with zero attached hydrogens (tertiary/aromatic N) is 1. The van der Waals surface area contributed by atoms with Gasteiger partial charge in [0.1, 0.15) is 23.0 Å². The third-order valence-corrected chi connectivity index (χ3v) is 5.36. The third kappa shape index (κ3) is 3.43. The van der Waals surface area contributed by atoms with Gasteiger partial charge in [-0.2, -0.15) is 0 Å². The molecule has 1 amide bonds. The Morgan fingerprint density at radius 3 is 2.34 bits per heavy atom. The van der Waals surface area contributed by atoms with Crippen molar-refractivity contribution in [2.75, 3.05) is 19.1 Å². The molecule has 0 radical (unpaired) electrons. The number of Topliss-reactive ketones (excluding diaryl/α,β-unsaturated/α-hetero) is 1. The van der Waals surface area contributed by atoms with Crippen LogP contribution in [0.1, 0.15) is 17.2 Å². The van der Waals surface area contributed by atoms with Crippen molar-refractivity contribution in [1.29, 1.82) is 0 Å². The molecule has 1 unspecified atom stereocenters. The van der Waals surface area contributed by atoms with Crippen LogP contribution in [0.15, 0.2) is 78.4 Å². The van der Waals surface area contributed by atoms with E-state index < -0.39 is 17.7 Å². The van der Waals surface area contributed by atoms with Gasteiger partial charge < -0.3 is 19.7 Å². The van der Waals surface area contributed by atoms with Crippen LogP contribution in [-0.2, 0) is 9.59 Å². The van der Waals surface area contributed by atoms with E-state index in [4.69, 9.17) is 9.47 Å². The summed E-state index contributed by atoms with van der Waals surface area (Å²) in [5.41, 5.74) is 0.846. The predicted molar refractivity (Wildman–Crippen MR) is 119 cm³/mol. The van der Waals surface area contributed by atoms with Gasteiger partial charge >= 0.3 is 0 Å². The molecule has 7 nitrogen and oxygen atoms in total. The molecule has 1 saturated heterocycles. The lowest BCUT2D eigenvalue weighted by atomic mass is 9.94. The first kappa shape index (κ1) is 21.0. The highest BCUT2D eigenvalue weighted by Gasteiger charge is 2.48. The number of rotatable bonds is 5. The Morgan fingerprint density at radius 1 is 0.906 bits per heavy atom. The van der Waals surface area contributed by atoms with E-state index in [-0.39, 0.29) is 28.3 Å². The lowest BCUT2D eigenvalue weighted by molar-refractivity contribution is -0.132. The zero-order chi connectivity index (χ0) is 22.8. The number of ether oxygens (including phenoxy) is 2. The van der Waals surface area contributed by atoms with E-state index in [0.29, 0.717) is 17.1 Å². The van der Waals surface area contributed by atoms with E-state index in [0.717, 1.165) is 0 Å². The van der Waals surface area contributed by atoms with Crippen LogP contribution in [0.2, 0.25) is 0 Å². The average molecular weight is 431 g/mol. The first-order valence-electron chi connectivity index (χ1n) is 9.84. The fourth-order valence-corrected chi connectivity index (χ4v) is 3.86. The molecule has 1 heterocycles. The number of hydrogen-bond donors (Lipinski definition) is 2. The fourth-order valence-electron chi connectivity index (χ4n) is 3.86. The molecule has 4 rings (SSSR count). The lowest BCUT2D eigenvalue weighted by Crippen LogP contribution is -2.29. The van der Waals surface area contributed by atoms with Crippen LogP contribution in [0, 0.1) is 0 Å². The molecule has 1 atom stereocenters. The van der Waals surface area contributed by atoms with Crippen LogP contribution in [-0.4, -0.2) is 36.1 Å². The van der Waals surface area contributed by atoms with Gasteiger partial charge in [0.2, 0.25) is 0 Å². The zero-order valence-corrected chi connectivity index (χ0v) is 17.5. The van der Waals surface area contributed by atoms with E-state index in [2.05, 4.69) is 0 Å². The van der Waals surface area contributed by atoms with Crippen LogP contribution in [0.25, 0.3) is 5.76 Å². The fraction of sp³-hybridized carbons (Fsp3) is 0.120. The van der Waals surface area contributed by atoms with Crippen molar-refractivity contribution >= 4 is 23.1 Å². The molecule has 3 aromatic rings. The molecule has 7 heteroatoms. The number of para-hydroxylation sites is 3. The second kappa shape index (κ2) is 8.47. The van der Waals surface area contributed by atoms with Crippen molar-refractivity contribution in [3.8, 4) is 17.2 Å². The molecule has 162 valence electrons. The summed E-state index contributed by atoms with van der Waals surface area (Å²) in [5.74, 6) is -1.41. The zero-order valence-electron chi connectivity index (χ0n) is 17.5. The number of amides is 1. The number of methoxy groups -OCH3 is 2. The first-order valence-corrected chi connectivity index (χ1v) is 9.84. The van der Waals surface area contributed by atoms with E-state index in [9.17, 15) is 19.8 Å². The Morgan fingerprint density at radius 2 is 1.62 bits per heavy atom. The molecule has 0 bridgehead atoms. The summed E-state index contributed by atoms with van der Waals surface area (Å²) in [5, 5.41) is 21.7. The van der Waals surface area contributed by atoms with Crippen molar-refractivity contribution < 1.29 is 29.3 Å². The highest BCUT2D eigenvalue weighted by Crippen LogP contribution is 2.45. The van der Waals surface area contributed by atoms with Crippen LogP contribution in [0.3, 0.4) is 0 Å². The van der Waals surface area contributed by atoms with Gasteiger partial charge in [-0.05, 0) is 42.0 Å². The number of aromatic hydroxyl groups is 1. The number of benzene rings is 3. The summed E-state index contributed by atoms with van der Waals surface area (Å²) in [6.45, 7) is 0. The normalized spacial score (nSPS) is 17.4. The molecule has 1 fully saturated rings. The SMILES string of the molecule is COc1cccc(C2/C(=C(/O)c3ccccc3OC)C(=O)C(=O)N2c2ccccc2O)c1. The van der Waals surface area contributed by atoms with Crippen LogP contribution < -0.4 is 14.4 Å². The minimum Gasteiger partial charge on any atom is -0.507 e. The molecule has 0 aliphatic carbocycles. The third-order valence-electron chi connectivity index (χ3n) is 5.36. The highest BCUT2D eigenvalue weighted by molar-refractivity contribution is 6.52. The number of anilines is 1. The van der Waals surface area contributed by atoms with Gasteiger partial charge in [0, 0.05) is 0 Å². The average Bonchev–Trinajstić information content (AvgIpc) is 3.09. The summed E-state index contributed by atoms with van der Waals surface area (Å²) < 4.78 is 10.6. The Balaban J connectivity index is 2.00. The topological polar surface area (TPSA) is 96.3 Å². The van der Waals surface area contributed by atoms with Crippen LogP contribution in [0.5, 0.6) is 17.2 Å². The molecular formula is C25H21NO6. The van der Waals surface area contributed by atoms with E-state index in [1.54, 1.807) is 60.7 Å². The van der Waals surface area contributed by atoms with Crippen molar-refractivity contribution in [2.45, 2.75) is 6.04 Å². The van der Waals surface area contributed by atoms with Gasteiger partial charge in [-0.25, -0.2) is 0 Å². The van der Waals surface area contributed by atoms with Gasteiger partial charge in [0.25, 0.3) is 11.7 Å². The molecule has 0 spiro atoms. The summed E-state index contributed by atoms with van der Waals surface area (Å²) in [4.78, 5) is 27.5. The summed E-state index contributed by atoms with van der Waals surface area (Å²) in [6.07, 6.45) is 0. The second-order valence-electron chi connectivity index (χ2n) is 7.13. The Labute approximate surface area is 184 Å². The number of carbonyl (C=O) groups is 2. The Hall–Kier alpha value is -4.26. The van der Waals surface area contributed by atoms with Gasteiger partial charge in [0.05, 0.1) is 37.1 Å². The highest BCUT2D eigenvalue weighted by atomic mass is 16.5. The van der Waals surface area contributed by atoms with Crippen molar-refractivity contribution in [1.82, 2.24) is 0 Å². The van der Waals surface area contributed by atoms with Crippen molar-refractivity contribution in [3.05, 3.63) is 89.5 Å². The number of phenols is 1. The first-order chi connectivity index (χ1) is 15.5. The minimum atomic E-state index is -0.997. The smallest absolute Gasteiger partial charge is 0.300 e. The molecule has 2 N–H and O–H groups in total. The summed E-state index contributed by atoms with van der Waals surface area (Å²) in [6, 6.07) is 18.8. The second-order valence-corrected chi connectivity index (χ2v) is 7.13. The maximum Gasteiger partial charge on any atom is 0.300 e. The Bertz CT molecular complexity index is 1230. The number of aliphatic hydroxyl groups excluding tert-OH is 1. The maximum absolute atomic E-state index is 13.2. The van der Waals surface area contributed by atoms with E-state index in [1.165, 1.54) is 31.3 Å². The monoisotopic (exact) mass is 431 g/mol. The van der Waals surface area contributed by atoms with Gasteiger partial charge in [-0.1, -0.05) is 36.4 Å². The van der Waals surface area contributed by atoms with Crippen molar-refractivity contribution in [3.63, 3.8) is 0 Å². The maximum atomic E-state index is 13.2. The molecule has 1 aliphatic rings. The van der Waals surface area contributed by atoms with Crippen molar-refractivity contribution in [2.24, 2.45) is 0 Å². The van der Waals surface area contributed by atoms with E-state index >= 15 is 0 Å². The number of aliphatic hydroxyl groups is 1. The molecule has 0 saturated carbocycles. The molecule has 0 aromatic heterocycles. The molecule has 3 aromatic carbocycles. The number of hydrogen-bond acceptors (Lipinski definition) is 6.